The zero-order chi connectivity index (χ0) is 12.3. The summed E-state index contributed by atoms with van der Waals surface area (Å²) in [6.07, 6.45) is 6.33. The average Bonchev–Trinajstić information content (AvgIpc) is 2.30. The summed E-state index contributed by atoms with van der Waals surface area (Å²) in [5.41, 5.74) is 0.558. The molecule has 0 atom stereocenters. The number of ketones is 1. The molecule has 3 heteroatoms. The molecule has 0 unspecified atom stereocenters. The molecule has 0 aromatic heterocycles. The van der Waals surface area contributed by atoms with Gasteiger partial charge in [-0.15, -0.1) is 0 Å². The third kappa shape index (κ3) is 3.22. The van der Waals surface area contributed by atoms with Crippen molar-refractivity contribution in [2.75, 3.05) is 0 Å². The molecule has 2 rings (SSSR count). The summed E-state index contributed by atoms with van der Waals surface area (Å²) in [5.74, 6) is 0.756. The summed E-state index contributed by atoms with van der Waals surface area (Å²) in [6.45, 7) is 1.52. The van der Waals surface area contributed by atoms with E-state index in [1.54, 1.807) is 12.1 Å². The van der Waals surface area contributed by atoms with E-state index in [1.807, 2.05) is 6.07 Å². The van der Waals surface area contributed by atoms with Crippen molar-refractivity contribution in [2.24, 2.45) is 0 Å². The highest BCUT2D eigenvalue weighted by Crippen LogP contribution is 2.27. The predicted molar refractivity (Wildman–Crippen MR) is 69.0 cm³/mol. The van der Waals surface area contributed by atoms with Crippen LogP contribution in [0.15, 0.2) is 18.2 Å². The van der Waals surface area contributed by atoms with E-state index in [9.17, 15) is 4.79 Å². The number of benzene rings is 1. The molecule has 1 aliphatic rings. The summed E-state index contributed by atoms with van der Waals surface area (Å²) in [6, 6.07) is 5.31. The van der Waals surface area contributed by atoms with E-state index in [0.717, 1.165) is 18.6 Å². The number of rotatable bonds is 3. The van der Waals surface area contributed by atoms with Gasteiger partial charge in [-0.25, -0.2) is 0 Å². The zero-order valence-corrected chi connectivity index (χ0v) is 10.8. The van der Waals surface area contributed by atoms with Crippen molar-refractivity contribution >= 4 is 17.4 Å². The molecule has 0 bridgehead atoms. The number of halogens is 1. The average molecular weight is 253 g/mol. The molecule has 0 N–H and O–H groups in total. The third-order valence-corrected chi connectivity index (χ3v) is 3.49. The van der Waals surface area contributed by atoms with Crippen LogP contribution in [0.25, 0.3) is 0 Å². The second-order valence-electron chi connectivity index (χ2n) is 4.58. The molecule has 0 radical (unpaired) electrons. The fourth-order valence-corrected chi connectivity index (χ4v) is 2.53. The maximum Gasteiger partial charge on any atom is 0.161 e. The minimum Gasteiger partial charge on any atom is -0.490 e. The van der Waals surface area contributed by atoms with Crippen LogP contribution in [0.5, 0.6) is 5.75 Å². The summed E-state index contributed by atoms with van der Waals surface area (Å²) in [5, 5.41) is 0.478. The van der Waals surface area contributed by atoms with Crippen LogP contribution in [0.3, 0.4) is 0 Å². The zero-order valence-electron chi connectivity index (χ0n) is 10.0. The number of carbonyl (C=O) groups excluding carboxylic acids is 1. The first-order valence-electron chi connectivity index (χ1n) is 6.14. The minimum atomic E-state index is -0.0146. The standard InChI is InChI=1S/C14H17ClO2/c1-10(16)13-8-7-12(9-14(13)15)17-11-5-3-2-4-6-11/h7-9,11H,2-6H2,1H3. The first-order valence-corrected chi connectivity index (χ1v) is 6.52. The van der Waals surface area contributed by atoms with Crippen molar-refractivity contribution in [1.82, 2.24) is 0 Å². The maximum atomic E-state index is 11.2. The van der Waals surface area contributed by atoms with E-state index in [-0.39, 0.29) is 5.78 Å². The first kappa shape index (κ1) is 12.4. The van der Waals surface area contributed by atoms with Gasteiger partial charge < -0.3 is 4.74 Å². The third-order valence-electron chi connectivity index (χ3n) is 3.17. The van der Waals surface area contributed by atoms with Gasteiger partial charge in [-0.3, -0.25) is 4.79 Å². The molecule has 0 heterocycles. The van der Waals surface area contributed by atoms with Gasteiger partial charge in [0.2, 0.25) is 0 Å². The van der Waals surface area contributed by atoms with Crippen molar-refractivity contribution in [3.63, 3.8) is 0 Å². The molecule has 0 aliphatic heterocycles. The molecule has 17 heavy (non-hydrogen) atoms. The lowest BCUT2D eigenvalue weighted by atomic mass is 9.98. The molecule has 0 spiro atoms. The lowest BCUT2D eigenvalue weighted by Gasteiger charge is -2.23. The first-order chi connectivity index (χ1) is 8.16. The van der Waals surface area contributed by atoms with E-state index in [2.05, 4.69) is 0 Å². The number of hydrogen-bond donors (Lipinski definition) is 0. The van der Waals surface area contributed by atoms with Gasteiger partial charge in [0.05, 0.1) is 11.1 Å². The molecule has 1 aromatic rings. The van der Waals surface area contributed by atoms with Gasteiger partial charge in [0.25, 0.3) is 0 Å². The normalized spacial score (nSPS) is 16.8. The highest BCUT2D eigenvalue weighted by atomic mass is 35.5. The van der Waals surface area contributed by atoms with Gasteiger partial charge in [-0.2, -0.15) is 0 Å². The summed E-state index contributed by atoms with van der Waals surface area (Å²) < 4.78 is 5.88. The van der Waals surface area contributed by atoms with Crippen molar-refractivity contribution in [1.29, 1.82) is 0 Å². The van der Waals surface area contributed by atoms with Crippen LogP contribution < -0.4 is 4.74 Å². The van der Waals surface area contributed by atoms with E-state index < -0.39 is 0 Å². The van der Waals surface area contributed by atoms with Gasteiger partial charge in [0.15, 0.2) is 5.78 Å². The number of hydrogen-bond acceptors (Lipinski definition) is 2. The van der Waals surface area contributed by atoms with Crippen LogP contribution in [0.4, 0.5) is 0 Å². The molecule has 0 amide bonds. The Balaban J connectivity index is 2.06. The Labute approximate surface area is 107 Å². The van der Waals surface area contributed by atoms with Crippen LogP contribution >= 0.6 is 11.6 Å². The Morgan fingerprint density at radius 2 is 2.00 bits per heavy atom. The van der Waals surface area contributed by atoms with E-state index in [0.29, 0.717) is 16.7 Å². The Kier molecular flexibility index (Phi) is 4.06. The van der Waals surface area contributed by atoms with Gasteiger partial charge in [0, 0.05) is 5.56 Å². The monoisotopic (exact) mass is 252 g/mol. The van der Waals surface area contributed by atoms with Crippen LogP contribution in [0.2, 0.25) is 5.02 Å². The molecule has 1 saturated carbocycles. The Bertz CT molecular complexity index is 409. The molecular weight excluding hydrogens is 236 g/mol. The summed E-state index contributed by atoms with van der Waals surface area (Å²) in [7, 11) is 0. The number of Topliss-reactive ketones (excluding diaryl/α,β-unsaturated/α-hetero) is 1. The summed E-state index contributed by atoms with van der Waals surface area (Å²) in [4.78, 5) is 11.2. The van der Waals surface area contributed by atoms with E-state index in [4.69, 9.17) is 16.3 Å². The largest absolute Gasteiger partial charge is 0.490 e. The Hall–Kier alpha value is -1.02. The number of ether oxygens (including phenoxy) is 1. The fraction of sp³-hybridized carbons (Fsp3) is 0.500. The summed E-state index contributed by atoms with van der Waals surface area (Å²) >= 11 is 6.04. The van der Waals surface area contributed by atoms with Crippen LogP contribution in [-0.4, -0.2) is 11.9 Å². The molecule has 1 aliphatic carbocycles. The van der Waals surface area contributed by atoms with Crippen molar-refractivity contribution in [3.05, 3.63) is 28.8 Å². The lowest BCUT2D eigenvalue weighted by molar-refractivity contribution is 0.101. The van der Waals surface area contributed by atoms with Crippen LogP contribution in [0, 0.1) is 0 Å². The second kappa shape index (κ2) is 5.54. The van der Waals surface area contributed by atoms with Gasteiger partial charge in [0.1, 0.15) is 5.75 Å². The quantitative estimate of drug-likeness (QED) is 0.752. The van der Waals surface area contributed by atoms with Gasteiger partial charge in [-0.1, -0.05) is 18.0 Å². The Morgan fingerprint density at radius 3 is 2.59 bits per heavy atom. The fourth-order valence-electron chi connectivity index (χ4n) is 2.23. The Morgan fingerprint density at radius 1 is 1.29 bits per heavy atom. The highest BCUT2D eigenvalue weighted by Gasteiger charge is 2.15. The van der Waals surface area contributed by atoms with Crippen LogP contribution in [0.1, 0.15) is 49.4 Å². The van der Waals surface area contributed by atoms with Crippen molar-refractivity contribution in [2.45, 2.75) is 45.1 Å². The maximum absolute atomic E-state index is 11.2. The molecule has 92 valence electrons. The van der Waals surface area contributed by atoms with Gasteiger partial charge >= 0.3 is 0 Å². The molecule has 1 fully saturated rings. The molecule has 2 nitrogen and oxygen atoms in total. The van der Waals surface area contributed by atoms with E-state index in [1.165, 1.54) is 26.2 Å². The highest BCUT2D eigenvalue weighted by molar-refractivity contribution is 6.34. The topological polar surface area (TPSA) is 26.3 Å². The molecular formula is C14H17ClO2. The lowest BCUT2D eigenvalue weighted by Crippen LogP contribution is -2.19. The molecule has 0 saturated heterocycles. The second-order valence-corrected chi connectivity index (χ2v) is 4.98. The van der Waals surface area contributed by atoms with Crippen molar-refractivity contribution in [3.8, 4) is 5.75 Å². The van der Waals surface area contributed by atoms with Crippen LogP contribution in [-0.2, 0) is 0 Å². The minimum absolute atomic E-state index is 0.0146. The van der Waals surface area contributed by atoms with E-state index >= 15 is 0 Å². The molecule has 1 aromatic carbocycles. The number of carbonyl (C=O) groups is 1. The van der Waals surface area contributed by atoms with Crippen molar-refractivity contribution < 1.29 is 9.53 Å². The predicted octanol–water partition coefficient (Wildman–Crippen LogP) is 4.25. The SMILES string of the molecule is CC(=O)c1ccc(OC2CCCCC2)cc1Cl. The van der Waals surface area contributed by atoms with Gasteiger partial charge in [-0.05, 0) is 50.8 Å². The smallest absolute Gasteiger partial charge is 0.161 e.